The van der Waals surface area contributed by atoms with Crippen molar-refractivity contribution in [2.45, 2.75) is 17.9 Å². The molecular formula is C10H14N2O4S. The summed E-state index contributed by atoms with van der Waals surface area (Å²) >= 11 is 0. The summed E-state index contributed by atoms with van der Waals surface area (Å²) in [5, 5.41) is 0. The van der Waals surface area contributed by atoms with E-state index in [1.807, 2.05) is 0 Å². The van der Waals surface area contributed by atoms with Gasteiger partial charge in [0.1, 0.15) is 10.9 Å². The largest absolute Gasteiger partial charge is 0.341 e. The van der Waals surface area contributed by atoms with Crippen LogP contribution in [0.3, 0.4) is 0 Å². The zero-order valence-electron chi connectivity index (χ0n) is 9.29. The first-order chi connectivity index (χ1) is 7.86. The van der Waals surface area contributed by atoms with Gasteiger partial charge in [-0.15, -0.1) is 0 Å². The molecule has 0 bridgehead atoms. The van der Waals surface area contributed by atoms with Crippen LogP contribution in [0.15, 0.2) is 29.2 Å². The summed E-state index contributed by atoms with van der Waals surface area (Å²) in [6.07, 6.45) is 0. The van der Waals surface area contributed by atoms with Crippen molar-refractivity contribution in [1.82, 2.24) is 0 Å². The lowest BCUT2D eigenvalue weighted by molar-refractivity contribution is -0.135. The monoisotopic (exact) mass is 258 g/mol. The molecule has 0 saturated carbocycles. The smallest absolute Gasteiger partial charge is 0.340 e. The van der Waals surface area contributed by atoms with E-state index < -0.39 is 22.1 Å². The number of hydrogen-bond acceptors (Lipinski definition) is 6. The zero-order valence-corrected chi connectivity index (χ0v) is 10.1. The van der Waals surface area contributed by atoms with Crippen LogP contribution in [0.25, 0.3) is 0 Å². The van der Waals surface area contributed by atoms with Crippen LogP contribution >= 0.6 is 0 Å². The van der Waals surface area contributed by atoms with Crippen molar-refractivity contribution < 1.29 is 17.4 Å². The zero-order chi connectivity index (χ0) is 13.1. The molecule has 1 aromatic rings. The molecule has 0 aromatic heterocycles. The predicted molar refractivity (Wildman–Crippen MR) is 61.5 cm³/mol. The lowest BCUT2D eigenvalue weighted by Gasteiger charge is -2.09. The quantitative estimate of drug-likeness (QED) is 0.705. The molecule has 94 valence electrons. The fourth-order valence-corrected chi connectivity index (χ4v) is 2.10. The van der Waals surface area contributed by atoms with E-state index in [0.29, 0.717) is 0 Å². The fraction of sp³-hybridized carbons (Fsp3) is 0.300. The molecule has 0 aliphatic heterocycles. The maximum atomic E-state index is 11.7. The average molecular weight is 258 g/mol. The molecule has 17 heavy (non-hydrogen) atoms. The molecule has 1 aromatic carbocycles. The van der Waals surface area contributed by atoms with Gasteiger partial charge in [-0.2, -0.15) is 8.42 Å². The Morgan fingerprint density at radius 1 is 1.47 bits per heavy atom. The third kappa shape index (κ3) is 3.52. The van der Waals surface area contributed by atoms with Gasteiger partial charge in [0.05, 0.1) is 0 Å². The van der Waals surface area contributed by atoms with Gasteiger partial charge in [0, 0.05) is 6.54 Å². The van der Waals surface area contributed by atoms with Crippen molar-refractivity contribution in [2.75, 3.05) is 6.54 Å². The van der Waals surface area contributed by atoms with Gasteiger partial charge < -0.3 is 15.7 Å². The Balaban J connectivity index is 2.94. The van der Waals surface area contributed by atoms with Crippen LogP contribution in [0.5, 0.6) is 0 Å². The van der Waals surface area contributed by atoms with Gasteiger partial charge in [-0.05, 0) is 24.6 Å². The van der Waals surface area contributed by atoms with Crippen molar-refractivity contribution >= 4 is 16.1 Å². The van der Waals surface area contributed by atoms with Crippen LogP contribution in [0, 0.1) is 6.92 Å². The van der Waals surface area contributed by atoms with Crippen LogP contribution in [0.2, 0.25) is 0 Å². The molecule has 0 spiro atoms. The number of rotatable bonds is 4. The summed E-state index contributed by atoms with van der Waals surface area (Å²) in [7, 11) is -4.12. The van der Waals surface area contributed by atoms with Crippen molar-refractivity contribution in [3.05, 3.63) is 29.8 Å². The number of hydrogen-bond donors (Lipinski definition) is 2. The second kappa shape index (κ2) is 5.26. The molecule has 0 heterocycles. The number of carbonyl (C=O) groups excluding carboxylic acids is 1. The minimum absolute atomic E-state index is 0.0879. The molecule has 1 atom stereocenters. The standard InChI is InChI=1S/C10H14N2O4S/c1-7-3-2-4-8(5-7)17(14,15)16-10(13)9(12)6-11/h2-5,9H,6,11-12H2,1H3. The number of nitrogens with two attached hydrogens (primary N) is 2. The van der Waals surface area contributed by atoms with Crippen LogP contribution in [-0.4, -0.2) is 27.0 Å². The maximum absolute atomic E-state index is 11.7. The van der Waals surface area contributed by atoms with Gasteiger partial charge in [0.25, 0.3) is 0 Å². The van der Waals surface area contributed by atoms with E-state index in [1.165, 1.54) is 12.1 Å². The molecule has 0 aliphatic carbocycles. The van der Waals surface area contributed by atoms with E-state index in [1.54, 1.807) is 19.1 Å². The summed E-state index contributed by atoms with van der Waals surface area (Å²) in [4.78, 5) is 11.2. The summed E-state index contributed by atoms with van der Waals surface area (Å²) < 4.78 is 27.7. The maximum Gasteiger partial charge on any atom is 0.341 e. The molecule has 4 N–H and O–H groups in total. The lowest BCUT2D eigenvalue weighted by atomic mass is 10.2. The number of benzene rings is 1. The number of aryl methyl sites for hydroxylation is 1. The van der Waals surface area contributed by atoms with Gasteiger partial charge in [0.15, 0.2) is 0 Å². The second-order valence-electron chi connectivity index (χ2n) is 3.52. The highest BCUT2D eigenvalue weighted by Crippen LogP contribution is 2.14. The van der Waals surface area contributed by atoms with Crippen molar-refractivity contribution in [1.29, 1.82) is 0 Å². The third-order valence-electron chi connectivity index (χ3n) is 2.03. The minimum Gasteiger partial charge on any atom is -0.340 e. The Bertz CT molecular complexity index is 513. The Kier molecular flexibility index (Phi) is 4.22. The van der Waals surface area contributed by atoms with Gasteiger partial charge in [-0.3, -0.25) is 0 Å². The Labute approximate surface area is 99.7 Å². The van der Waals surface area contributed by atoms with Crippen molar-refractivity contribution in [3.63, 3.8) is 0 Å². The molecular weight excluding hydrogens is 244 g/mol. The Hall–Kier alpha value is -1.44. The molecule has 1 unspecified atom stereocenters. The van der Waals surface area contributed by atoms with Crippen LogP contribution in [0.4, 0.5) is 0 Å². The third-order valence-corrected chi connectivity index (χ3v) is 3.24. The summed E-state index contributed by atoms with van der Waals surface area (Å²) in [5.74, 6) is -1.06. The Morgan fingerprint density at radius 3 is 2.65 bits per heavy atom. The molecule has 0 radical (unpaired) electrons. The van der Waals surface area contributed by atoms with Crippen molar-refractivity contribution in [3.8, 4) is 0 Å². The van der Waals surface area contributed by atoms with Crippen molar-refractivity contribution in [2.24, 2.45) is 11.5 Å². The molecule has 0 aliphatic rings. The highest BCUT2D eigenvalue weighted by Gasteiger charge is 2.23. The summed E-state index contributed by atoms with van der Waals surface area (Å²) in [6, 6.07) is 4.88. The summed E-state index contributed by atoms with van der Waals surface area (Å²) in [5.41, 5.74) is 11.1. The van der Waals surface area contributed by atoms with Gasteiger partial charge in [-0.1, -0.05) is 12.1 Å². The minimum atomic E-state index is -4.12. The van der Waals surface area contributed by atoms with Gasteiger partial charge in [-0.25, -0.2) is 4.79 Å². The highest BCUT2D eigenvalue weighted by atomic mass is 32.2. The van der Waals surface area contributed by atoms with E-state index in [9.17, 15) is 13.2 Å². The molecule has 7 heteroatoms. The topological polar surface area (TPSA) is 112 Å². The second-order valence-corrected chi connectivity index (χ2v) is 5.06. The van der Waals surface area contributed by atoms with Gasteiger partial charge >= 0.3 is 16.1 Å². The first kappa shape index (κ1) is 13.6. The van der Waals surface area contributed by atoms with Gasteiger partial charge in [0.2, 0.25) is 0 Å². The predicted octanol–water partition coefficient (Wildman–Crippen LogP) is -0.487. The van der Waals surface area contributed by atoms with Crippen LogP contribution < -0.4 is 11.5 Å². The normalized spacial score (nSPS) is 13.1. The Morgan fingerprint density at radius 2 is 2.12 bits per heavy atom. The highest BCUT2D eigenvalue weighted by molar-refractivity contribution is 7.87. The van der Waals surface area contributed by atoms with E-state index in [4.69, 9.17) is 11.5 Å². The molecule has 0 saturated heterocycles. The molecule has 6 nitrogen and oxygen atoms in total. The number of carbonyl (C=O) groups is 1. The lowest BCUT2D eigenvalue weighted by Crippen LogP contribution is -2.40. The van der Waals surface area contributed by atoms with E-state index >= 15 is 0 Å². The van der Waals surface area contributed by atoms with Crippen LogP contribution in [0.1, 0.15) is 5.56 Å². The molecule has 0 amide bonds. The molecule has 0 fully saturated rings. The van der Waals surface area contributed by atoms with Crippen LogP contribution in [-0.2, 0) is 19.1 Å². The fourth-order valence-electron chi connectivity index (χ4n) is 1.09. The first-order valence-electron chi connectivity index (χ1n) is 4.87. The molecule has 1 rings (SSSR count). The van der Waals surface area contributed by atoms with E-state index in [0.717, 1.165) is 5.56 Å². The first-order valence-corrected chi connectivity index (χ1v) is 6.28. The average Bonchev–Trinajstić information content (AvgIpc) is 2.27. The summed E-state index contributed by atoms with van der Waals surface area (Å²) in [6.45, 7) is 1.55. The SMILES string of the molecule is Cc1cccc(S(=O)(=O)OC(=O)C(N)CN)c1. The van der Waals surface area contributed by atoms with E-state index in [-0.39, 0.29) is 11.4 Å². The van der Waals surface area contributed by atoms with E-state index in [2.05, 4.69) is 4.18 Å².